The monoisotopic (exact) mass is 384 g/mol. The summed E-state index contributed by atoms with van der Waals surface area (Å²) in [7, 11) is 1.60. The summed E-state index contributed by atoms with van der Waals surface area (Å²) in [6.07, 6.45) is 4.89. The maximum Gasteiger partial charge on any atom is 0.262 e. The predicted octanol–water partition coefficient (Wildman–Crippen LogP) is 3.76. The van der Waals surface area contributed by atoms with Crippen molar-refractivity contribution in [3.8, 4) is 28.8 Å². The van der Waals surface area contributed by atoms with Crippen LogP contribution < -0.4 is 10.1 Å². The van der Waals surface area contributed by atoms with Crippen molar-refractivity contribution in [3.63, 3.8) is 0 Å². The molecule has 0 saturated carbocycles. The number of benzene rings is 2. The van der Waals surface area contributed by atoms with E-state index in [4.69, 9.17) is 9.84 Å². The molecule has 0 saturated heterocycles. The summed E-state index contributed by atoms with van der Waals surface area (Å²) in [5.74, 6) is 0.229. The lowest BCUT2D eigenvalue weighted by atomic mass is 10.1. The quantitative estimate of drug-likeness (QED) is 0.382. The number of hydrogen-bond donors (Lipinski definition) is 1. The van der Waals surface area contributed by atoms with Crippen LogP contribution in [-0.2, 0) is 4.79 Å². The average Bonchev–Trinajstić information content (AvgIpc) is 3.20. The zero-order chi connectivity index (χ0) is 20.6. The third-order valence-corrected chi connectivity index (χ3v) is 4.18. The Kier molecular flexibility index (Phi) is 6.23. The summed E-state index contributed by atoms with van der Waals surface area (Å²) in [5.41, 5.74) is 2.95. The third-order valence-electron chi connectivity index (χ3n) is 4.18. The number of aromatic nitrogens is 2. The number of para-hydroxylation sites is 1. The number of amides is 1. The second-order valence-corrected chi connectivity index (χ2v) is 6.11. The number of hydrogen-bond acceptors (Lipinski definition) is 4. The molecule has 1 aromatic heterocycles. The van der Waals surface area contributed by atoms with Gasteiger partial charge in [0.05, 0.1) is 12.8 Å². The molecule has 0 aliphatic heterocycles. The van der Waals surface area contributed by atoms with Crippen LogP contribution in [0.2, 0.25) is 0 Å². The van der Waals surface area contributed by atoms with E-state index in [1.807, 2.05) is 60.7 Å². The zero-order valence-electron chi connectivity index (χ0n) is 16.0. The number of nitriles is 1. The van der Waals surface area contributed by atoms with Gasteiger partial charge < -0.3 is 10.1 Å². The van der Waals surface area contributed by atoms with Crippen LogP contribution in [0, 0.1) is 11.3 Å². The van der Waals surface area contributed by atoms with Crippen molar-refractivity contribution in [1.82, 2.24) is 15.1 Å². The lowest BCUT2D eigenvalue weighted by Gasteiger charge is -2.04. The van der Waals surface area contributed by atoms with Crippen molar-refractivity contribution in [2.45, 2.75) is 0 Å². The Morgan fingerprint density at radius 2 is 2.07 bits per heavy atom. The molecule has 6 nitrogen and oxygen atoms in total. The molecule has 0 aliphatic carbocycles. The summed E-state index contributed by atoms with van der Waals surface area (Å²) in [6.45, 7) is 3.85. The van der Waals surface area contributed by atoms with Gasteiger partial charge in [0.1, 0.15) is 23.1 Å². The number of nitrogens with zero attached hydrogens (tertiary/aromatic N) is 3. The topological polar surface area (TPSA) is 79.9 Å². The van der Waals surface area contributed by atoms with Gasteiger partial charge in [0, 0.05) is 23.9 Å². The SMILES string of the molecule is C=CCNC(=O)C(C#N)=Cc1cn(-c2ccccc2)nc1-c1cccc(OC)c1. The molecular weight excluding hydrogens is 364 g/mol. The molecule has 3 aromatic rings. The first-order valence-electron chi connectivity index (χ1n) is 8.96. The summed E-state index contributed by atoms with van der Waals surface area (Å²) in [6, 6.07) is 19.1. The molecule has 1 heterocycles. The van der Waals surface area contributed by atoms with Gasteiger partial charge in [-0.1, -0.05) is 36.4 Å². The fraction of sp³-hybridized carbons (Fsp3) is 0.0870. The average molecular weight is 384 g/mol. The van der Waals surface area contributed by atoms with Crippen LogP contribution in [-0.4, -0.2) is 29.3 Å². The van der Waals surface area contributed by atoms with Gasteiger partial charge in [0.15, 0.2) is 0 Å². The summed E-state index contributed by atoms with van der Waals surface area (Å²) >= 11 is 0. The minimum atomic E-state index is -0.462. The van der Waals surface area contributed by atoms with Gasteiger partial charge in [-0.25, -0.2) is 4.68 Å². The molecule has 0 bridgehead atoms. The van der Waals surface area contributed by atoms with E-state index < -0.39 is 5.91 Å². The van der Waals surface area contributed by atoms with Crippen LogP contribution in [0.25, 0.3) is 23.0 Å². The smallest absolute Gasteiger partial charge is 0.262 e. The van der Waals surface area contributed by atoms with Gasteiger partial charge in [-0.15, -0.1) is 6.58 Å². The molecule has 0 unspecified atom stereocenters. The normalized spacial score (nSPS) is 10.8. The van der Waals surface area contributed by atoms with E-state index in [0.717, 1.165) is 11.3 Å². The molecule has 3 rings (SSSR count). The maximum atomic E-state index is 12.3. The number of rotatable bonds is 7. The first kappa shape index (κ1) is 19.6. The first-order chi connectivity index (χ1) is 14.2. The van der Waals surface area contributed by atoms with Crippen molar-refractivity contribution >= 4 is 12.0 Å². The highest BCUT2D eigenvalue weighted by atomic mass is 16.5. The molecule has 0 fully saturated rings. The van der Waals surface area contributed by atoms with Crippen molar-refractivity contribution in [2.24, 2.45) is 0 Å². The van der Waals surface area contributed by atoms with E-state index >= 15 is 0 Å². The second-order valence-electron chi connectivity index (χ2n) is 6.11. The summed E-state index contributed by atoms with van der Waals surface area (Å²) in [5, 5.41) is 16.8. The molecule has 1 amide bonds. The minimum absolute atomic E-state index is 0.0105. The standard InChI is InChI=1S/C23H20N4O2/c1-3-12-25-23(28)18(15-24)13-19-16-27(20-9-5-4-6-10-20)26-22(19)17-8-7-11-21(14-17)29-2/h3-11,13-14,16H,1,12H2,2H3,(H,25,28). The first-order valence-corrected chi connectivity index (χ1v) is 8.96. The maximum absolute atomic E-state index is 12.3. The Labute approximate surface area is 169 Å². The van der Waals surface area contributed by atoms with Crippen LogP contribution in [0.4, 0.5) is 0 Å². The Morgan fingerprint density at radius 1 is 1.28 bits per heavy atom. The summed E-state index contributed by atoms with van der Waals surface area (Å²) in [4.78, 5) is 12.3. The fourth-order valence-electron chi connectivity index (χ4n) is 2.76. The molecule has 144 valence electrons. The van der Waals surface area contributed by atoms with Crippen LogP contribution in [0.15, 0.2) is 79.0 Å². The second kappa shape index (κ2) is 9.20. The van der Waals surface area contributed by atoms with E-state index in [2.05, 4.69) is 11.9 Å². The molecule has 0 aliphatic rings. The molecule has 0 spiro atoms. The highest BCUT2D eigenvalue weighted by molar-refractivity contribution is 6.02. The lowest BCUT2D eigenvalue weighted by Crippen LogP contribution is -2.24. The Balaban J connectivity index is 2.12. The van der Waals surface area contributed by atoms with Gasteiger partial charge in [0.2, 0.25) is 0 Å². The van der Waals surface area contributed by atoms with Crippen LogP contribution in [0.3, 0.4) is 0 Å². The largest absolute Gasteiger partial charge is 0.497 e. The zero-order valence-corrected chi connectivity index (χ0v) is 16.0. The van der Waals surface area contributed by atoms with E-state index in [-0.39, 0.29) is 12.1 Å². The van der Waals surface area contributed by atoms with E-state index in [1.54, 1.807) is 30.1 Å². The molecule has 0 radical (unpaired) electrons. The highest BCUT2D eigenvalue weighted by Crippen LogP contribution is 2.28. The van der Waals surface area contributed by atoms with Gasteiger partial charge in [-0.3, -0.25) is 4.79 Å². The molecule has 1 N–H and O–H groups in total. The fourth-order valence-corrected chi connectivity index (χ4v) is 2.76. The minimum Gasteiger partial charge on any atom is -0.497 e. The molecule has 0 atom stereocenters. The van der Waals surface area contributed by atoms with Crippen LogP contribution >= 0.6 is 0 Å². The summed E-state index contributed by atoms with van der Waals surface area (Å²) < 4.78 is 7.04. The number of ether oxygens (including phenoxy) is 1. The predicted molar refractivity (Wildman–Crippen MR) is 112 cm³/mol. The van der Waals surface area contributed by atoms with Gasteiger partial charge >= 0.3 is 0 Å². The third kappa shape index (κ3) is 4.60. The Hall–Kier alpha value is -4.11. The van der Waals surface area contributed by atoms with Crippen molar-refractivity contribution < 1.29 is 9.53 Å². The van der Waals surface area contributed by atoms with Crippen LogP contribution in [0.5, 0.6) is 5.75 Å². The lowest BCUT2D eigenvalue weighted by molar-refractivity contribution is -0.116. The van der Waals surface area contributed by atoms with Crippen molar-refractivity contribution in [3.05, 3.63) is 84.6 Å². The number of methoxy groups -OCH3 is 1. The number of carbonyl (C=O) groups is 1. The van der Waals surface area contributed by atoms with Crippen molar-refractivity contribution in [1.29, 1.82) is 5.26 Å². The van der Waals surface area contributed by atoms with Crippen molar-refractivity contribution in [2.75, 3.05) is 13.7 Å². The van der Waals surface area contributed by atoms with Gasteiger partial charge in [-0.05, 0) is 30.3 Å². The van der Waals surface area contributed by atoms with E-state index in [9.17, 15) is 10.1 Å². The van der Waals surface area contributed by atoms with Crippen LogP contribution in [0.1, 0.15) is 5.56 Å². The molecule has 29 heavy (non-hydrogen) atoms. The van der Waals surface area contributed by atoms with Gasteiger partial charge in [0.25, 0.3) is 5.91 Å². The molecule has 6 heteroatoms. The number of carbonyl (C=O) groups excluding carboxylic acids is 1. The molecule has 2 aromatic carbocycles. The van der Waals surface area contributed by atoms with E-state index in [0.29, 0.717) is 17.0 Å². The highest BCUT2D eigenvalue weighted by Gasteiger charge is 2.15. The molecular formula is C23H20N4O2. The number of nitrogens with one attached hydrogen (secondary N) is 1. The van der Waals surface area contributed by atoms with Gasteiger partial charge in [-0.2, -0.15) is 10.4 Å². The van der Waals surface area contributed by atoms with E-state index in [1.165, 1.54) is 0 Å². The Morgan fingerprint density at radius 3 is 2.76 bits per heavy atom. The Bertz CT molecular complexity index is 1090.